The van der Waals surface area contributed by atoms with Crippen LogP contribution in [0.25, 0.3) is 0 Å². The number of quaternary nitrogens is 1. The van der Waals surface area contributed by atoms with Gasteiger partial charge in [0, 0.05) is 13.0 Å². The fourth-order valence-electron chi connectivity index (χ4n) is 7.14. The van der Waals surface area contributed by atoms with E-state index in [1.807, 2.05) is 21.1 Å². The number of esters is 1. The quantitative estimate of drug-likeness (QED) is 0.0283. The summed E-state index contributed by atoms with van der Waals surface area (Å²) in [6.07, 6.45) is 44.2. The van der Waals surface area contributed by atoms with Gasteiger partial charge in [0.05, 0.1) is 34.4 Å². The Kier molecular flexibility index (Phi) is 40.9. The second kappa shape index (κ2) is 41.2. The van der Waals surface area contributed by atoms with Gasteiger partial charge in [-0.05, 0) is 12.8 Å². The number of unbranched alkanes of at least 4 members (excludes halogenated alkanes) is 32. The molecule has 9 heteroatoms. The largest absolute Gasteiger partial charge is 0.472 e. The smallest absolute Gasteiger partial charge is 0.457 e. The van der Waals surface area contributed by atoms with Gasteiger partial charge in [0.1, 0.15) is 19.3 Å². The van der Waals surface area contributed by atoms with Gasteiger partial charge in [0.2, 0.25) is 0 Å². The van der Waals surface area contributed by atoms with Gasteiger partial charge in [-0.1, -0.05) is 219 Å². The zero-order chi connectivity index (χ0) is 41.3. The van der Waals surface area contributed by atoms with Gasteiger partial charge < -0.3 is 18.9 Å². The van der Waals surface area contributed by atoms with E-state index in [0.29, 0.717) is 24.1 Å². The highest BCUT2D eigenvalue weighted by atomic mass is 31.2. The Labute approximate surface area is 348 Å². The highest BCUT2D eigenvalue weighted by molar-refractivity contribution is 7.47. The first-order valence-corrected chi connectivity index (χ1v) is 25.8. The second-order valence-corrected chi connectivity index (χ2v) is 19.3. The highest BCUT2D eigenvalue weighted by Crippen LogP contribution is 2.43. The maximum Gasteiger partial charge on any atom is 0.472 e. The van der Waals surface area contributed by atoms with Crippen molar-refractivity contribution in [1.29, 1.82) is 0 Å². The minimum absolute atomic E-state index is 0.0940. The van der Waals surface area contributed by atoms with Crippen molar-refractivity contribution in [2.45, 2.75) is 245 Å². The third-order valence-electron chi connectivity index (χ3n) is 10.9. The Hall–Kier alpha value is -0.500. The van der Waals surface area contributed by atoms with Crippen LogP contribution in [0, 0.1) is 0 Å². The van der Waals surface area contributed by atoms with Crippen LogP contribution in [0.1, 0.15) is 239 Å². The molecule has 0 bridgehead atoms. The van der Waals surface area contributed by atoms with Crippen LogP contribution >= 0.6 is 7.82 Å². The molecule has 0 aliphatic heterocycles. The molecule has 0 aromatic heterocycles. The average Bonchev–Trinajstić information content (AvgIpc) is 3.15. The second-order valence-electron chi connectivity index (χ2n) is 17.9. The van der Waals surface area contributed by atoms with E-state index >= 15 is 0 Å². The first kappa shape index (κ1) is 55.5. The minimum Gasteiger partial charge on any atom is -0.457 e. The Bertz CT molecular complexity index is 868. The van der Waals surface area contributed by atoms with E-state index in [9.17, 15) is 14.3 Å². The molecule has 0 saturated carbocycles. The summed E-state index contributed by atoms with van der Waals surface area (Å²) in [5.74, 6) is -0.307. The van der Waals surface area contributed by atoms with Gasteiger partial charge in [-0.2, -0.15) is 0 Å². The number of phosphoric acid groups is 1. The molecule has 8 nitrogen and oxygen atoms in total. The molecule has 0 rings (SSSR count). The Balaban J connectivity index is 4.09. The zero-order valence-electron chi connectivity index (χ0n) is 38.2. The molecule has 0 saturated heterocycles. The summed E-state index contributed by atoms with van der Waals surface area (Å²) in [7, 11) is 1.69. The Morgan fingerprint density at radius 2 is 0.821 bits per heavy atom. The van der Waals surface area contributed by atoms with Crippen molar-refractivity contribution in [3.8, 4) is 0 Å². The standard InChI is InChI=1S/C47H96NO7P/c1-6-8-10-12-14-16-18-20-22-23-24-25-26-27-29-31-33-35-37-39-42-52-44-46(45-54-56(50,51)53-43-41-48(3,4)5)55-47(49)40-38-36-34-32-30-28-21-19-17-15-13-11-9-7-2/h46H,6-45H2,1-5H3/p+1. The van der Waals surface area contributed by atoms with E-state index < -0.39 is 13.9 Å². The van der Waals surface area contributed by atoms with E-state index in [2.05, 4.69) is 13.8 Å². The summed E-state index contributed by atoms with van der Waals surface area (Å²) in [4.78, 5) is 22.9. The van der Waals surface area contributed by atoms with Gasteiger partial charge in [-0.3, -0.25) is 13.8 Å². The van der Waals surface area contributed by atoms with Crippen molar-refractivity contribution in [2.75, 3.05) is 54.1 Å². The summed E-state index contributed by atoms with van der Waals surface area (Å²) < 4.78 is 35.1. The molecular formula is C47H97NO7P+. The number of hydrogen-bond donors (Lipinski definition) is 1. The minimum atomic E-state index is -4.27. The number of carbonyl (C=O) groups excluding carboxylic acids is 1. The SMILES string of the molecule is CCCCCCCCCCCCCCCCCCCCCCOCC(COP(=O)(O)OCC[N+](C)(C)C)OC(=O)CCCCCCCCCCCCCCCC. The lowest BCUT2D eigenvalue weighted by atomic mass is 10.0. The van der Waals surface area contributed by atoms with Crippen LogP contribution in [-0.4, -0.2) is 75.6 Å². The fourth-order valence-corrected chi connectivity index (χ4v) is 7.89. The van der Waals surface area contributed by atoms with Crippen LogP contribution in [0.5, 0.6) is 0 Å². The molecule has 2 unspecified atom stereocenters. The summed E-state index contributed by atoms with van der Waals surface area (Å²) in [6.45, 7) is 5.69. The molecule has 0 aliphatic rings. The molecule has 2 atom stereocenters. The van der Waals surface area contributed by atoms with E-state index in [1.54, 1.807) is 0 Å². The number of nitrogens with zero attached hydrogens (tertiary/aromatic N) is 1. The van der Waals surface area contributed by atoms with E-state index in [-0.39, 0.29) is 25.8 Å². The number of phosphoric ester groups is 1. The molecule has 0 amide bonds. The van der Waals surface area contributed by atoms with E-state index in [0.717, 1.165) is 32.1 Å². The molecule has 0 fully saturated rings. The van der Waals surface area contributed by atoms with Gasteiger partial charge in [-0.25, -0.2) is 4.57 Å². The lowest BCUT2D eigenvalue weighted by Crippen LogP contribution is -2.37. The van der Waals surface area contributed by atoms with E-state index in [4.69, 9.17) is 18.5 Å². The Morgan fingerprint density at radius 3 is 1.18 bits per heavy atom. The van der Waals surface area contributed by atoms with Crippen molar-refractivity contribution >= 4 is 13.8 Å². The maximum atomic E-state index is 12.7. The summed E-state index contributed by atoms with van der Waals surface area (Å²) in [6, 6.07) is 0. The van der Waals surface area contributed by atoms with Crippen LogP contribution in [0.15, 0.2) is 0 Å². The Morgan fingerprint density at radius 1 is 0.482 bits per heavy atom. The van der Waals surface area contributed by atoms with Crippen LogP contribution < -0.4 is 0 Å². The number of rotatable bonds is 46. The normalized spacial score (nSPS) is 13.6. The number of ether oxygens (including phenoxy) is 2. The predicted octanol–water partition coefficient (Wildman–Crippen LogP) is 14.4. The summed E-state index contributed by atoms with van der Waals surface area (Å²) in [5.41, 5.74) is 0. The van der Waals surface area contributed by atoms with E-state index in [1.165, 1.54) is 186 Å². The average molecular weight is 819 g/mol. The first-order valence-electron chi connectivity index (χ1n) is 24.3. The molecule has 0 aromatic rings. The third kappa shape index (κ3) is 44.6. The molecule has 0 heterocycles. The molecule has 336 valence electrons. The van der Waals surface area contributed by atoms with Crippen LogP contribution in [0.2, 0.25) is 0 Å². The lowest BCUT2D eigenvalue weighted by Gasteiger charge is -2.24. The number of carbonyl (C=O) groups is 1. The van der Waals surface area contributed by atoms with Gasteiger partial charge in [0.25, 0.3) is 0 Å². The first-order chi connectivity index (χ1) is 27.1. The monoisotopic (exact) mass is 819 g/mol. The highest BCUT2D eigenvalue weighted by Gasteiger charge is 2.26. The zero-order valence-corrected chi connectivity index (χ0v) is 39.0. The number of likely N-dealkylation sites (N-methyl/N-ethyl adjacent to an activating group) is 1. The fraction of sp³-hybridized carbons (Fsp3) is 0.979. The van der Waals surface area contributed by atoms with Crippen LogP contribution in [0.4, 0.5) is 0 Å². The summed E-state index contributed by atoms with van der Waals surface area (Å²) >= 11 is 0. The molecule has 0 aliphatic carbocycles. The number of hydrogen-bond acceptors (Lipinski definition) is 6. The van der Waals surface area contributed by atoms with Crippen molar-refractivity contribution in [1.82, 2.24) is 0 Å². The predicted molar refractivity (Wildman–Crippen MR) is 238 cm³/mol. The maximum absolute atomic E-state index is 12.7. The topological polar surface area (TPSA) is 91.3 Å². The molecule has 1 N–H and O–H groups in total. The van der Waals surface area contributed by atoms with Crippen molar-refractivity contribution in [3.63, 3.8) is 0 Å². The third-order valence-corrected chi connectivity index (χ3v) is 11.9. The molecule has 0 aromatic carbocycles. The molecular weight excluding hydrogens is 721 g/mol. The molecule has 56 heavy (non-hydrogen) atoms. The van der Waals surface area contributed by atoms with Crippen molar-refractivity contribution < 1.29 is 37.3 Å². The van der Waals surface area contributed by atoms with Crippen molar-refractivity contribution in [2.24, 2.45) is 0 Å². The van der Waals surface area contributed by atoms with Crippen LogP contribution in [0.3, 0.4) is 0 Å². The van der Waals surface area contributed by atoms with Crippen LogP contribution in [-0.2, 0) is 27.9 Å². The van der Waals surface area contributed by atoms with Gasteiger partial charge >= 0.3 is 13.8 Å². The molecule has 0 radical (unpaired) electrons. The van der Waals surface area contributed by atoms with Gasteiger partial charge in [-0.15, -0.1) is 0 Å². The lowest BCUT2D eigenvalue weighted by molar-refractivity contribution is -0.870. The van der Waals surface area contributed by atoms with Crippen molar-refractivity contribution in [3.05, 3.63) is 0 Å². The summed E-state index contributed by atoms with van der Waals surface area (Å²) in [5, 5.41) is 0. The molecule has 0 spiro atoms. The van der Waals surface area contributed by atoms with Gasteiger partial charge in [0.15, 0.2) is 0 Å².